The Kier molecular flexibility index (Phi) is 2.09. The average molecular weight is 176 g/mol. The fourth-order valence-electron chi connectivity index (χ4n) is 2.97. The molecule has 0 heterocycles. The van der Waals surface area contributed by atoms with Crippen LogP contribution in [0.1, 0.15) is 33.6 Å². The van der Waals surface area contributed by atoms with Gasteiger partial charge in [0.1, 0.15) is 0 Å². The zero-order valence-corrected chi connectivity index (χ0v) is 8.96. The Bertz CT molecular complexity index is 239. The molecule has 1 fully saturated rings. The van der Waals surface area contributed by atoms with Gasteiger partial charge >= 0.3 is 0 Å². The molecular weight excluding hydrogens is 156 g/mol. The third-order valence-electron chi connectivity index (χ3n) is 3.69. The van der Waals surface area contributed by atoms with Gasteiger partial charge in [-0.3, -0.25) is 0 Å². The molecule has 1 saturated carbocycles. The second kappa shape index (κ2) is 3.01. The van der Waals surface area contributed by atoms with Crippen LogP contribution in [0.25, 0.3) is 0 Å². The van der Waals surface area contributed by atoms with Gasteiger partial charge in [0.05, 0.1) is 0 Å². The van der Waals surface area contributed by atoms with Crippen LogP contribution in [0.2, 0.25) is 0 Å². The van der Waals surface area contributed by atoms with Crippen molar-refractivity contribution in [1.29, 1.82) is 0 Å². The number of rotatable bonds is 0. The van der Waals surface area contributed by atoms with Gasteiger partial charge in [-0.25, -0.2) is 0 Å². The average Bonchev–Trinajstić information content (AvgIpc) is 2.45. The van der Waals surface area contributed by atoms with Crippen molar-refractivity contribution in [2.75, 3.05) is 0 Å². The molecule has 0 saturated heterocycles. The van der Waals surface area contributed by atoms with E-state index in [0.717, 1.165) is 17.8 Å². The molecule has 0 aromatic carbocycles. The van der Waals surface area contributed by atoms with Crippen LogP contribution in [0.15, 0.2) is 24.3 Å². The Labute approximate surface area is 81.7 Å². The third kappa shape index (κ3) is 1.59. The van der Waals surface area contributed by atoms with Gasteiger partial charge in [0.15, 0.2) is 0 Å². The van der Waals surface area contributed by atoms with E-state index in [0.29, 0.717) is 5.41 Å². The molecule has 0 nitrogen and oxygen atoms in total. The van der Waals surface area contributed by atoms with Crippen molar-refractivity contribution in [3.8, 4) is 0 Å². The molecule has 0 aromatic rings. The van der Waals surface area contributed by atoms with Crippen molar-refractivity contribution in [2.24, 2.45) is 23.2 Å². The lowest BCUT2D eigenvalue weighted by Crippen LogP contribution is -2.25. The van der Waals surface area contributed by atoms with Gasteiger partial charge in [-0.15, -0.1) is 0 Å². The van der Waals surface area contributed by atoms with E-state index in [1.165, 1.54) is 12.8 Å². The fraction of sp³-hybridized carbons (Fsp3) is 0.692. The van der Waals surface area contributed by atoms with E-state index in [-0.39, 0.29) is 0 Å². The highest BCUT2D eigenvalue weighted by atomic mass is 14.4. The fourth-order valence-corrected chi connectivity index (χ4v) is 2.97. The van der Waals surface area contributed by atoms with Crippen LogP contribution < -0.4 is 0 Å². The van der Waals surface area contributed by atoms with Crippen molar-refractivity contribution >= 4 is 0 Å². The predicted octanol–water partition coefficient (Wildman–Crippen LogP) is 3.80. The molecule has 2 aliphatic rings. The van der Waals surface area contributed by atoms with E-state index < -0.39 is 0 Å². The van der Waals surface area contributed by atoms with Crippen LogP contribution in [-0.2, 0) is 0 Å². The highest BCUT2D eigenvalue weighted by molar-refractivity contribution is 5.18. The molecule has 2 rings (SSSR count). The van der Waals surface area contributed by atoms with Crippen LogP contribution in [0.5, 0.6) is 0 Å². The molecule has 13 heavy (non-hydrogen) atoms. The van der Waals surface area contributed by atoms with Gasteiger partial charge < -0.3 is 0 Å². The molecule has 0 heteroatoms. The van der Waals surface area contributed by atoms with E-state index in [4.69, 9.17) is 0 Å². The highest BCUT2D eigenvalue weighted by Crippen LogP contribution is 2.48. The Morgan fingerprint density at radius 2 is 1.69 bits per heavy atom. The molecule has 72 valence electrons. The quantitative estimate of drug-likeness (QED) is 0.526. The molecule has 0 spiro atoms. The zero-order valence-electron chi connectivity index (χ0n) is 8.96. The SMILES string of the molecule is CC(C)(C)C1CCC2C=CC=CC21. The van der Waals surface area contributed by atoms with Gasteiger partial charge in [-0.1, -0.05) is 45.1 Å². The lowest BCUT2D eigenvalue weighted by Gasteiger charge is -2.33. The van der Waals surface area contributed by atoms with Crippen LogP contribution in [0.4, 0.5) is 0 Å². The van der Waals surface area contributed by atoms with Crippen molar-refractivity contribution in [3.05, 3.63) is 24.3 Å². The summed E-state index contributed by atoms with van der Waals surface area (Å²) in [5.41, 5.74) is 0.481. The second-order valence-electron chi connectivity index (χ2n) is 5.56. The smallest absolute Gasteiger partial charge is 0.0134 e. The topological polar surface area (TPSA) is 0 Å². The largest absolute Gasteiger partial charge is 0.0808 e. The lowest BCUT2D eigenvalue weighted by atomic mass is 9.72. The second-order valence-corrected chi connectivity index (χ2v) is 5.56. The minimum Gasteiger partial charge on any atom is -0.0808 e. The number of allylic oxidation sites excluding steroid dienone is 4. The Hall–Kier alpha value is -0.520. The minimum atomic E-state index is 0.481. The number of fused-ring (bicyclic) bond motifs is 1. The van der Waals surface area contributed by atoms with E-state index >= 15 is 0 Å². The Balaban J connectivity index is 2.18. The van der Waals surface area contributed by atoms with Gasteiger partial charge in [0.2, 0.25) is 0 Å². The standard InChI is InChI=1S/C13H20/c1-13(2,3)12-9-8-10-6-4-5-7-11(10)12/h4-7,10-12H,8-9H2,1-3H3. The van der Waals surface area contributed by atoms with Crippen molar-refractivity contribution in [2.45, 2.75) is 33.6 Å². The van der Waals surface area contributed by atoms with Crippen molar-refractivity contribution < 1.29 is 0 Å². The highest BCUT2D eigenvalue weighted by Gasteiger charge is 2.39. The van der Waals surface area contributed by atoms with Crippen LogP contribution >= 0.6 is 0 Å². The van der Waals surface area contributed by atoms with Crippen LogP contribution in [0, 0.1) is 23.2 Å². The van der Waals surface area contributed by atoms with E-state index in [1.54, 1.807) is 0 Å². The van der Waals surface area contributed by atoms with Crippen molar-refractivity contribution in [3.63, 3.8) is 0 Å². The molecule has 0 bridgehead atoms. The maximum atomic E-state index is 2.42. The van der Waals surface area contributed by atoms with Crippen LogP contribution in [0.3, 0.4) is 0 Å². The monoisotopic (exact) mass is 176 g/mol. The van der Waals surface area contributed by atoms with Gasteiger partial charge in [0, 0.05) is 0 Å². The molecule has 0 amide bonds. The summed E-state index contributed by atoms with van der Waals surface area (Å²) < 4.78 is 0. The maximum absolute atomic E-state index is 2.42. The molecular formula is C13H20. The first-order valence-corrected chi connectivity index (χ1v) is 5.44. The first-order chi connectivity index (χ1) is 6.09. The van der Waals surface area contributed by atoms with Crippen LogP contribution in [-0.4, -0.2) is 0 Å². The first kappa shape index (κ1) is 9.05. The number of hydrogen-bond donors (Lipinski definition) is 0. The molecule has 0 radical (unpaired) electrons. The molecule has 0 aliphatic heterocycles. The Morgan fingerprint density at radius 3 is 2.38 bits per heavy atom. The summed E-state index contributed by atoms with van der Waals surface area (Å²) in [4.78, 5) is 0. The molecule has 3 unspecified atom stereocenters. The maximum Gasteiger partial charge on any atom is -0.0134 e. The normalized spacial score (nSPS) is 37.9. The first-order valence-electron chi connectivity index (χ1n) is 5.44. The van der Waals surface area contributed by atoms with Gasteiger partial charge in [-0.05, 0) is 36.0 Å². The van der Waals surface area contributed by atoms with Gasteiger partial charge in [0.25, 0.3) is 0 Å². The predicted molar refractivity (Wildman–Crippen MR) is 57.4 cm³/mol. The summed E-state index contributed by atoms with van der Waals surface area (Å²) in [6, 6.07) is 0. The molecule has 0 aromatic heterocycles. The van der Waals surface area contributed by atoms with E-state index in [2.05, 4.69) is 45.1 Å². The minimum absolute atomic E-state index is 0.481. The van der Waals surface area contributed by atoms with Gasteiger partial charge in [-0.2, -0.15) is 0 Å². The third-order valence-corrected chi connectivity index (χ3v) is 3.69. The summed E-state index contributed by atoms with van der Waals surface area (Å²) in [6.07, 6.45) is 12.1. The summed E-state index contributed by atoms with van der Waals surface area (Å²) in [5, 5.41) is 0. The van der Waals surface area contributed by atoms with Crippen molar-refractivity contribution in [1.82, 2.24) is 0 Å². The summed E-state index contributed by atoms with van der Waals surface area (Å²) in [7, 11) is 0. The molecule has 0 N–H and O–H groups in total. The van der Waals surface area contributed by atoms with E-state index in [1.807, 2.05) is 0 Å². The molecule has 2 aliphatic carbocycles. The lowest BCUT2D eigenvalue weighted by molar-refractivity contribution is 0.202. The number of hydrogen-bond acceptors (Lipinski definition) is 0. The molecule has 3 atom stereocenters. The summed E-state index contributed by atoms with van der Waals surface area (Å²) >= 11 is 0. The summed E-state index contributed by atoms with van der Waals surface area (Å²) in [5.74, 6) is 2.55. The summed E-state index contributed by atoms with van der Waals surface area (Å²) in [6.45, 7) is 7.14. The zero-order chi connectivity index (χ0) is 9.47. The Morgan fingerprint density at radius 1 is 1.00 bits per heavy atom. The van der Waals surface area contributed by atoms with E-state index in [9.17, 15) is 0 Å².